The molecule has 23 heavy (non-hydrogen) atoms. The van der Waals surface area contributed by atoms with Crippen LogP contribution in [0, 0.1) is 0 Å². The van der Waals surface area contributed by atoms with Crippen molar-refractivity contribution in [2.45, 2.75) is 31.8 Å². The number of carbonyl (C=O) groups is 1. The first-order valence-electron chi connectivity index (χ1n) is 7.89. The highest BCUT2D eigenvalue weighted by molar-refractivity contribution is 5.94. The van der Waals surface area contributed by atoms with E-state index in [9.17, 15) is 4.79 Å². The summed E-state index contributed by atoms with van der Waals surface area (Å²) in [7, 11) is 0. The zero-order valence-corrected chi connectivity index (χ0v) is 14.5. The normalized spacial score (nSPS) is 22.6. The fourth-order valence-electron chi connectivity index (χ4n) is 3.06. The summed E-state index contributed by atoms with van der Waals surface area (Å²) in [4.78, 5) is 14.7. The molecule has 5 nitrogen and oxygen atoms in total. The molecule has 0 radical (unpaired) electrons. The van der Waals surface area contributed by atoms with Gasteiger partial charge in [-0.05, 0) is 24.6 Å². The Kier molecular flexibility index (Phi) is 5.55. The number of benzene rings is 1. The molecule has 1 aromatic carbocycles. The number of amides is 1. The van der Waals surface area contributed by atoms with E-state index in [4.69, 9.17) is 15.2 Å². The summed E-state index contributed by atoms with van der Waals surface area (Å²) in [6.07, 6.45) is 0.780. The molecule has 3 rings (SSSR count). The van der Waals surface area contributed by atoms with Crippen molar-refractivity contribution < 1.29 is 14.3 Å². The van der Waals surface area contributed by atoms with Crippen LogP contribution in [0.3, 0.4) is 0 Å². The molecular formula is C17H25ClN2O3. The van der Waals surface area contributed by atoms with Gasteiger partial charge in [0.05, 0.1) is 12.7 Å². The largest absolute Gasteiger partial charge is 0.492 e. The molecule has 2 N–H and O–H groups in total. The van der Waals surface area contributed by atoms with E-state index in [1.165, 1.54) is 0 Å². The summed E-state index contributed by atoms with van der Waals surface area (Å²) in [5, 5.41) is 0. The number of fused-ring (bicyclic) bond motifs is 1. The number of carbonyl (C=O) groups excluding carboxylic acids is 1. The van der Waals surface area contributed by atoms with Crippen molar-refractivity contribution in [2.24, 2.45) is 5.73 Å². The highest BCUT2D eigenvalue weighted by Crippen LogP contribution is 2.38. The van der Waals surface area contributed by atoms with Gasteiger partial charge in [0.1, 0.15) is 5.75 Å². The van der Waals surface area contributed by atoms with E-state index < -0.39 is 0 Å². The van der Waals surface area contributed by atoms with Crippen molar-refractivity contribution in [3.63, 3.8) is 0 Å². The molecule has 2 aliphatic rings. The van der Waals surface area contributed by atoms with Crippen molar-refractivity contribution >= 4 is 18.3 Å². The topological polar surface area (TPSA) is 64.8 Å². The molecule has 1 fully saturated rings. The first-order valence-corrected chi connectivity index (χ1v) is 7.89. The van der Waals surface area contributed by atoms with Gasteiger partial charge in [-0.2, -0.15) is 0 Å². The minimum Gasteiger partial charge on any atom is -0.492 e. The van der Waals surface area contributed by atoms with Crippen LogP contribution in [0.4, 0.5) is 0 Å². The molecule has 1 atom stereocenters. The molecule has 1 aromatic rings. The average Bonchev–Trinajstić information content (AvgIpc) is 2.70. The Bertz CT molecular complexity index is 577. The lowest BCUT2D eigenvalue weighted by molar-refractivity contribution is 0.0520. The van der Waals surface area contributed by atoms with Crippen LogP contribution in [0.5, 0.6) is 5.75 Å². The van der Waals surface area contributed by atoms with Crippen molar-refractivity contribution in [2.75, 3.05) is 32.8 Å². The molecule has 128 valence electrons. The Balaban J connectivity index is 0.00000192. The van der Waals surface area contributed by atoms with E-state index in [-0.39, 0.29) is 29.8 Å². The summed E-state index contributed by atoms with van der Waals surface area (Å²) in [5.41, 5.74) is 7.48. The Morgan fingerprint density at radius 1 is 1.43 bits per heavy atom. The van der Waals surface area contributed by atoms with Gasteiger partial charge in [-0.15, -0.1) is 12.4 Å². The van der Waals surface area contributed by atoms with Crippen molar-refractivity contribution in [3.05, 3.63) is 29.3 Å². The lowest BCUT2D eigenvalue weighted by atomic mass is 9.86. The van der Waals surface area contributed by atoms with Gasteiger partial charge < -0.3 is 20.1 Å². The van der Waals surface area contributed by atoms with Crippen LogP contribution in [0.25, 0.3) is 0 Å². The van der Waals surface area contributed by atoms with Crippen LogP contribution in [0.2, 0.25) is 0 Å². The van der Waals surface area contributed by atoms with Crippen LogP contribution in [0.15, 0.2) is 18.2 Å². The predicted molar refractivity (Wildman–Crippen MR) is 91.5 cm³/mol. The molecule has 0 saturated carbocycles. The van der Waals surface area contributed by atoms with E-state index in [1.54, 1.807) is 0 Å². The Morgan fingerprint density at radius 3 is 2.96 bits per heavy atom. The van der Waals surface area contributed by atoms with Gasteiger partial charge in [0.2, 0.25) is 0 Å². The maximum absolute atomic E-state index is 12.8. The zero-order valence-electron chi connectivity index (χ0n) is 13.7. The van der Waals surface area contributed by atoms with Crippen molar-refractivity contribution in [1.82, 2.24) is 4.90 Å². The molecule has 0 aliphatic carbocycles. The predicted octanol–water partition coefficient (Wildman–Crippen LogP) is 1.97. The molecule has 0 bridgehead atoms. The summed E-state index contributed by atoms with van der Waals surface area (Å²) in [6.45, 7) is 7.31. The number of ether oxygens (including phenoxy) is 2. The summed E-state index contributed by atoms with van der Waals surface area (Å²) in [5.74, 6) is 0.940. The number of nitrogens with two attached hydrogens (primary N) is 1. The lowest BCUT2D eigenvalue weighted by Crippen LogP contribution is -2.39. The Labute approximate surface area is 143 Å². The van der Waals surface area contributed by atoms with Gasteiger partial charge in [-0.25, -0.2) is 0 Å². The van der Waals surface area contributed by atoms with Gasteiger partial charge in [0.15, 0.2) is 0 Å². The number of halogens is 1. The third-order valence-electron chi connectivity index (χ3n) is 4.44. The number of rotatable bonds is 2. The number of hydrogen-bond donors (Lipinski definition) is 1. The molecule has 2 aliphatic heterocycles. The summed E-state index contributed by atoms with van der Waals surface area (Å²) in [6, 6.07) is 5.74. The van der Waals surface area contributed by atoms with E-state index in [1.807, 2.05) is 23.1 Å². The number of hydrogen-bond acceptors (Lipinski definition) is 4. The molecule has 1 amide bonds. The van der Waals surface area contributed by atoms with Crippen LogP contribution in [-0.4, -0.2) is 49.8 Å². The minimum atomic E-state index is -0.0688. The van der Waals surface area contributed by atoms with Crippen molar-refractivity contribution in [1.29, 1.82) is 0 Å². The molecule has 0 aromatic heterocycles. The summed E-state index contributed by atoms with van der Waals surface area (Å²) >= 11 is 0. The second-order valence-electron chi connectivity index (χ2n) is 6.72. The Morgan fingerprint density at radius 2 is 2.22 bits per heavy atom. The van der Waals surface area contributed by atoms with Gasteiger partial charge in [-0.3, -0.25) is 4.79 Å². The zero-order chi connectivity index (χ0) is 15.7. The second-order valence-corrected chi connectivity index (χ2v) is 6.72. The quantitative estimate of drug-likeness (QED) is 0.894. The van der Waals surface area contributed by atoms with Crippen LogP contribution in [-0.2, 0) is 10.2 Å². The average molecular weight is 341 g/mol. The third-order valence-corrected chi connectivity index (χ3v) is 4.44. The van der Waals surface area contributed by atoms with Crippen LogP contribution in [0.1, 0.15) is 36.2 Å². The molecule has 6 heteroatoms. The van der Waals surface area contributed by atoms with Gasteiger partial charge in [0, 0.05) is 42.8 Å². The molecule has 1 unspecified atom stereocenters. The van der Waals surface area contributed by atoms with E-state index in [2.05, 4.69) is 13.8 Å². The Hall–Kier alpha value is -1.30. The smallest absolute Gasteiger partial charge is 0.253 e. The molecule has 2 heterocycles. The van der Waals surface area contributed by atoms with E-state index >= 15 is 0 Å². The maximum atomic E-state index is 12.8. The fraction of sp³-hybridized carbons (Fsp3) is 0.588. The van der Waals surface area contributed by atoms with Gasteiger partial charge in [-0.1, -0.05) is 13.8 Å². The molecular weight excluding hydrogens is 316 g/mol. The molecule has 0 spiro atoms. The maximum Gasteiger partial charge on any atom is 0.253 e. The third kappa shape index (κ3) is 3.62. The lowest BCUT2D eigenvalue weighted by Gasteiger charge is -2.24. The SMILES string of the molecule is CC1(C)COc2ccc(C(=O)N3CCCOC(CN)C3)cc21.Cl. The minimum absolute atomic E-state index is 0. The van der Waals surface area contributed by atoms with Gasteiger partial charge >= 0.3 is 0 Å². The van der Waals surface area contributed by atoms with Crippen molar-refractivity contribution in [3.8, 4) is 5.75 Å². The second kappa shape index (κ2) is 7.07. The number of nitrogens with zero attached hydrogens (tertiary/aromatic N) is 1. The monoisotopic (exact) mass is 340 g/mol. The van der Waals surface area contributed by atoms with Crippen LogP contribution >= 0.6 is 12.4 Å². The first kappa shape index (κ1) is 18.0. The van der Waals surface area contributed by atoms with E-state index in [0.717, 1.165) is 23.3 Å². The van der Waals surface area contributed by atoms with Crippen LogP contribution < -0.4 is 10.5 Å². The van der Waals surface area contributed by atoms with Gasteiger partial charge in [0.25, 0.3) is 5.91 Å². The fourth-order valence-corrected chi connectivity index (χ4v) is 3.06. The summed E-state index contributed by atoms with van der Waals surface area (Å²) < 4.78 is 11.3. The molecule has 1 saturated heterocycles. The highest BCUT2D eigenvalue weighted by atomic mass is 35.5. The standard InChI is InChI=1S/C17H24N2O3.ClH/c1-17(2)11-22-15-5-4-12(8-14(15)17)16(20)19-6-3-7-21-13(9-18)10-19;/h4-5,8,13H,3,6-7,9-11,18H2,1-2H3;1H. The highest BCUT2D eigenvalue weighted by Gasteiger charge is 2.33. The first-order chi connectivity index (χ1) is 10.5. The van der Waals surface area contributed by atoms with E-state index in [0.29, 0.717) is 32.8 Å².